The summed E-state index contributed by atoms with van der Waals surface area (Å²) in [5, 5.41) is 0. The molecule has 9 heteroatoms. The van der Waals surface area contributed by atoms with Gasteiger partial charge < -0.3 is 19.3 Å². The predicted octanol–water partition coefficient (Wildman–Crippen LogP) is 12.6. The van der Waals surface area contributed by atoms with E-state index in [0.29, 0.717) is 6.42 Å². The Morgan fingerprint density at radius 1 is 0.500 bits per heavy atom. The largest absolute Gasteiger partial charge is 0.469 e. The van der Waals surface area contributed by atoms with Gasteiger partial charge in [-0.25, -0.2) is 4.57 Å². The molecule has 0 aromatic rings. The fourth-order valence-corrected chi connectivity index (χ4v) is 6.49. The Hall–Kier alpha value is -1.21. The van der Waals surface area contributed by atoms with Gasteiger partial charge in [-0.3, -0.25) is 14.1 Å². The van der Waals surface area contributed by atoms with Crippen molar-refractivity contribution in [2.45, 2.75) is 225 Å². The Bertz CT molecular complexity index is 827. The zero-order valence-electron chi connectivity index (χ0n) is 32.6. The van der Waals surface area contributed by atoms with Gasteiger partial charge in [-0.1, -0.05) is 180 Å². The molecule has 0 unspecified atom stereocenters. The van der Waals surface area contributed by atoms with Crippen molar-refractivity contribution in [1.29, 1.82) is 0 Å². The van der Waals surface area contributed by atoms with E-state index in [2.05, 4.69) is 30.5 Å². The van der Waals surface area contributed by atoms with E-state index in [1.54, 1.807) is 0 Å². The monoisotopic (exact) mass is 731 g/mol. The number of phosphoric acid groups is 1. The van der Waals surface area contributed by atoms with Crippen molar-refractivity contribution in [3.05, 3.63) is 12.2 Å². The van der Waals surface area contributed by atoms with E-state index < -0.39 is 32.5 Å². The molecule has 50 heavy (non-hydrogen) atoms. The first kappa shape index (κ1) is 48.8. The van der Waals surface area contributed by atoms with Crippen LogP contribution < -0.4 is 0 Å². The smallest absolute Gasteiger partial charge is 0.462 e. The van der Waals surface area contributed by atoms with E-state index in [-0.39, 0.29) is 19.4 Å². The van der Waals surface area contributed by atoms with E-state index in [4.69, 9.17) is 19.3 Å². The Labute approximate surface area is 307 Å². The molecule has 0 radical (unpaired) electrons. The minimum absolute atomic E-state index is 0.211. The first-order chi connectivity index (χ1) is 24.3. The summed E-state index contributed by atoms with van der Waals surface area (Å²) < 4.78 is 26.4. The minimum atomic E-state index is -4.75. The summed E-state index contributed by atoms with van der Waals surface area (Å²) in [6.07, 6.45) is 40.7. The molecule has 0 heterocycles. The summed E-state index contributed by atoms with van der Waals surface area (Å²) in [4.78, 5) is 42.8. The fraction of sp³-hybridized carbons (Fsp3) is 0.902. The van der Waals surface area contributed by atoms with Crippen molar-refractivity contribution in [3.63, 3.8) is 0 Å². The van der Waals surface area contributed by atoms with Crippen LogP contribution in [0.5, 0.6) is 0 Å². The van der Waals surface area contributed by atoms with Gasteiger partial charge in [0.05, 0.1) is 6.61 Å². The molecule has 0 bridgehead atoms. The third-order valence-corrected chi connectivity index (χ3v) is 9.77. The van der Waals surface area contributed by atoms with Crippen LogP contribution in [0.1, 0.15) is 219 Å². The summed E-state index contributed by atoms with van der Waals surface area (Å²) in [5.74, 6) is -0.878. The zero-order valence-corrected chi connectivity index (χ0v) is 33.5. The van der Waals surface area contributed by atoms with Crippen LogP contribution >= 0.6 is 7.82 Å². The van der Waals surface area contributed by atoms with Gasteiger partial charge >= 0.3 is 19.8 Å². The van der Waals surface area contributed by atoms with Gasteiger partial charge in [-0.15, -0.1) is 0 Å². The number of carbonyl (C=O) groups is 2. The van der Waals surface area contributed by atoms with Gasteiger partial charge in [0, 0.05) is 12.8 Å². The number of ether oxygens (including phenoxy) is 2. The average molecular weight is 731 g/mol. The van der Waals surface area contributed by atoms with Crippen LogP contribution in [0.25, 0.3) is 0 Å². The molecular weight excluding hydrogens is 651 g/mol. The zero-order chi connectivity index (χ0) is 36.8. The number of hydrogen-bond donors (Lipinski definition) is 2. The van der Waals surface area contributed by atoms with E-state index in [1.165, 1.54) is 141 Å². The Morgan fingerprint density at radius 2 is 0.840 bits per heavy atom. The third kappa shape index (κ3) is 39.6. The second-order valence-electron chi connectivity index (χ2n) is 14.3. The van der Waals surface area contributed by atoms with Crippen LogP contribution in [0.4, 0.5) is 0 Å². The third-order valence-electron chi connectivity index (χ3n) is 9.28. The first-order valence-corrected chi connectivity index (χ1v) is 22.5. The summed E-state index contributed by atoms with van der Waals surface area (Å²) in [5.41, 5.74) is 0. The molecular formula is C41H79O8P. The van der Waals surface area contributed by atoms with Crippen molar-refractivity contribution >= 4 is 19.8 Å². The highest BCUT2D eigenvalue weighted by atomic mass is 31.2. The van der Waals surface area contributed by atoms with Crippen molar-refractivity contribution in [3.8, 4) is 0 Å². The minimum Gasteiger partial charge on any atom is -0.462 e. The number of hydrogen-bond acceptors (Lipinski definition) is 6. The van der Waals surface area contributed by atoms with Gasteiger partial charge in [0.2, 0.25) is 0 Å². The van der Waals surface area contributed by atoms with Crippen molar-refractivity contribution in [2.75, 3.05) is 13.2 Å². The quantitative estimate of drug-likeness (QED) is 0.0278. The van der Waals surface area contributed by atoms with Gasteiger partial charge in [-0.05, 0) is 38.5 Å². The highest BCUT2D eigenvalue weighted by Crippen LogP contribution is 2.36. The summed E-state index contributed by atoms with van der Waals surface area (Å²) in [6.45, 7) is 3.69. The second-order valence-corrected chi connectivity index (χ2v) is 15.6. The molecule has 1 atom stereocenters. The molecule has 0 aromatic heterocycles. The van der Waals surface area contributed by atoms with Gasteiger partial charge in [0.1, 0.15) is 6.61 Å². The molecule has 0 rings (SSSR count). The first-order valence-electron chi connectivity index (χ1n) is 21.0. The number of phosphoric ester groups is 1. The van der Waals surface area contributed by atoms with E-state index >= 15 is 0 Å². The average Bonchev–Trinajstić information content (AvgIpc) is 3.08. The molecule has 0 aliphatic heterocycles. The summed E-state index contributed by atoms with van der Waals surface area (Å²) >= 11 is 0. The van der Waals surface area contributed by atoms with Gasteiger partial charge in [0.25, 0.3) is 0 Å². The molecule has 0 aromatic carbocycles. The van der Waals surface area contributed by atoms with Crippen molar-refractivity contribution in [2.24, 2.45) is 0 Å². The molecule has 0 amide bonds. The maximum absolute atomic E-state index is 12.4. The SMILES string of the molecule is CCCCCC/C=C/CCCCCCCCCC(=O)O[C@H](COC(=O)CCCCCCCCCCCCCCCCCCC)COP(=O)(O)O. The van der Waals surface area contributed by atoms with Crippen LogP contribution in [0.15, 0.2) is 12.2 Å². The lowest BCUT2D eigenvalue weighted by molar-refractivity contribution is -0.161. The molecule has 2 N–H and O–H groups in total. The second kappa shape index (κ2) is 37.5. The standard InChI is InChI=1S/C41H79O8P/c1-3-5-7-9-11-13-15-17-19-20-22-23-25-27-29-31-33-35-40(42)47-37-39(38-48-50(44,45)46)49-41(43)36-34-32-30-28-26-24-21-18-16-14-12-10-8-6-4-2/h14,16,39H,3-13,15,17-38H2,1-2H3,(H2,44,45,46)/b16-14+/t39-/m1/s1. The van der Waals surface area contributed by atoms with E-state index in [1.807, 2.05) is 0 Å². The predicted molar refractivity (Wildman–Crippen MR) is 207 cm³/mol. The molecule has 8 nitrogen and oxygen atoms in total. The normalized spacial score (nSPS) is 12.5. The van der Waals surface area contributed by atoms with Gasteiger partial charge in [-0.2, -0.15) is 0 Å². The molecule has 0 saturated carbocycles. The Balaban J connectivity index is 3.88. The molecule has 0 fully saturated rings. The molecule has 0 saturated heterocycles. The molecule has 0 aliphatic rings. The van der Waals surface area contributed by atoms with Crippen LogP contribution in [0.3, 0.4) is 0 Å². The van der Waals surface area contributed by atoms with Crippen LogP contribution in [0.2, 0.25) is 0 Å². The van der Waals surface area contributed by atoms with E-state index in [0.717, 1.165) is 44.9 Å². The lowest BCUT2D eigenvalue weighted by Crippen LogP contribution is -2.29. The number of allylic oxidation sites excluding steroid dienone is 2. The number of carbonyl (C=O) groups excluding carboxylic acids is 2. The maximum atomic E-state index is 12.4. The topological polar surface area (TPSA) is 119 Å². The summed E-state index contributed by atoms with van der Waals surface area (Å²) in [6, 6.07) is 0. The van der Waals surface area contributed by atoms with Crippen LogP contribution in [-0.4, -0.2) is 41.0 Å². The van der Waals surface area contributed by atoms with Crippen LogP contribution in [0, 0.1) is 0 Å². The lowest BCUT2D eigenvalue weighted by Gasteiger charge is -2.18. The van der Waals surface area contributed by atoms with E-state index in [9.17, 15) is 14.2 Å². The Morgan fingerprint density at radius 3 is 1.24 bits per heavy atom. The number of unbranched alkanes of at least 4 members (excludes halogenated alkanes) is 27. The highest BCUT2D eigenvalue weighted by Gasteiger charge is 2.22. The fourth-order valence-electron chi connectivity index (χ4n) is 6.13. The molecule has 0 aliphatic carbocycles. The van der Waals surface area contributed by atoms with Crippen molar-refractivity contribution < 1.29 is 37.9 Å². The van der Waals surface area contributed by atoms with Gasteiger partial charge in [0.15, 0.2) is 6.10 Å². The summed E-state index contributed by atoms with van der Waals surface area (Å²) in [7, 11) is -4.75. The molecule has 296 valence electrons. The Kier molecular flexibility index (Phi) is 36.6. The molecule has 0 spiro atoms. The number of rotatable bonds is 39. The van der Waals surface area contributed by atoms with Crippen LogP contribution in [-0.2, 0) is 28.2 Å². The lowest BCUT2D eigenvalue weighted by atomic mass is 10.0. The number of esters is 2. The van der Waals surface area contributed by atoms with Crippen molar-refractivity contribution in [1.82, 2.24) is 0 Å². The maximum Gasteiger partial charge on any atom is 0.469 e. The highest BCUT2D eigenvalue weighted by molar-refractivity contribution is 7.46.